The molecule has 0 amide bonds. The van der Waals surface area contributed by atoms with Gasteiger partial charge in [0.1, 0.15) is 11.9 Å². The number of thiophene rings is 1. The Morgan fingerprint density at radius 2 is 2.21 bits per heavy atom. The molecule has 1 aromatic heterocycles. The molecule has 1 atom stereocenters. The molecule has 0 spiro atoms. The van der Waals surface area contributed by atoms with Gasteiger partial charge in [-0.25, -0.2) is 0 Å². The van der Waals surface area contributed by atoms with Gasteiger partial charge in [-0.1, -0.05) is 12.1 Å². The fourth-order valence-corrected chi connectivity index (χ4v) is 3.03. The second kappa shape index (κ2) is 7.08. The highest BCUT2D eigenvalue weighted by molar-refractivity contribution is 9.10. The minimum Gasteiger partial charge on any atom is -0.488 e. The van der Waals surface area contributed by atoms with Crippen LogP contribution in [0.1, 0.15) is 17.4 Å². The molecule has 1 aromatic carbocycles. The standard InChI is InChI=1S/C15H18BrNOS/c1-11-5-6-15(14(16)8-11)18-12(2)9-17-10-13-4-3-7-19-13/h3-8,12,17H,9-10H2,1-2H3. The zero-order valence-electron chi connectivity index (χ0n) is 11.2. The van der Waals surface area contributed by atoms with Gasteiger partial charge in [-0.3, -0.25) is 0 Å². The summed E-state index contributed by atoms with van der Waals surface area (Å²) >= 11 is 5.30. The molecule has 1 heterocycles. The molecule has 4 heteroatoms. The van der Waals surface area contributed by atoms with Crippen molar-refractivity contribution in [2.75, 3.05) is 6.54 Å². The summed E-state index contributed by atoms with van der Waals surface area (Å²) in [7, 11) is 0. The van der Waals surface area contributed by atoms with E-state index < -0.39 is 0 Å². The van der Waals surface area contributed by atoms with E-state index in [-0.39, 0.29) is 6.10 Å². The second-order valence-electron chi connectivity index (χ2n) is 4.57. The van der Waals surface area contributed by atoms with Crippen LogP contribution in [-0.4, -0.2) is 12.6 Å². The van der Waals surface area contributed by atoms with Crippen molar-refractivity contribution in [3.8, 4) is 5.75 Å². The van der Waals surface area contributed by atoms with Crippen LogP contribution < -0.4 is 10.1 Å². The lowest BCUT2D eigenvalue weighted by Crippen LogP contribution is -2.28. The van der Waals surface area contributed by atoms with Crippen molar-refractivity contribution < 1.29 is 4.74 Å². The molecule has 19 heavy (non-hydrogen) atoms. The van der Waals surface area contributed by atoms with Crippen LogP contribution in [0.2, 0.25) is 0 Å². The third kappa shape index (κ3) is 4.64. The van der Waals surface area contributed by atoms with Crippen molar-refractivity contribution in [2.24, 2.45) is 0 Å². The van der Waals surface area contributed by atoms with Crippen LogP contribution in [-0.2, 0) is 6.54 Å². The molecule has 0 bridgehead atoms. The molecule has 2 nitrogen and oxygen atoms in total. The van der Waals surface area contributed by atoms with Gasteiger partial charge in [0, 0.05) is 18.0 Å². The number of hydrogen-bond donors (Lipinski definition) is 1. The highest BCUT2D eigenvalue weighted by atomic mass is 79.9. The third-order valence-electron chi connectivity index (χ3n) is 2.73. The molecular weight excluding hydrogens is 322 g/mol. The van der Waals surface area contributed by atoms with E-state index in [9.17, 15) is 0 Å². The zero-order valence-corrected chi connectivity index (χ0v) is 13.6. The Morgan fingerprint density at radius 1 is 1.37 bits per heavy atom. The summed E-state index contributed by atoms with van der Waals surface area (Å²) in [6.45, 7) is 5.88. The van der Waals surface area contributed by atoms with E-state index in [0.717, 1.165) is 23.3 Å². The molecule has 0 aliphatic carbocycles. The van der Waals surface area contributed by atoms with Gasteiger partial charge >= 0.3 is 0 Å². The lowest BCUT2D eigenvalue weighted by atomic mass is 10.2. The number of rotatable bonds is 6. The first-order valence-corrected chi connectivity index (χ1v) is 7.98. The molecule has 1 N–H and O–H groups in total. The number of hydrogen-bond acceptors (Lipinski definition) is 3. The van der Waals surface area contributed by atoms with E-state index in [1.165, 1.54) is 10.4 Å². The van der Waals surface area contributed by atoms with Crippen LogP contribution in [0.15, 0.2) is 40.2 Å². The van der Waals surface area contributed by atoms with E-state index in [4.69, 9.17) is 4.74 Å². The van der Waals surface area contributed by atoms with Crippen LogP contribution in [0.4, 0.5) is 0 Å². The fourth-order valence-electron chi connectivity index (χ4n) is 1.77. The maximum absolute atomic E-state index is 5.91. The lowest BCUT2D eigenvalue weighted by molar-refractivity contribution is 0.215. The van der Waals surface area contributed by atoms with E-state index in [1.807, 2.05) is 6.07 Å². The number of nitrogens with one attached hydrogen (secondary N) is 1. The average molecular weight is 340 g/mol. The van der Waals surface area contributed by atoms with E-state index >= 15 is 0 Å². The van der Waals surface area contributed by atoms with Crippen molar-refractivity contribution in [3.05, 3.63) is 50.6 Å². The Hall–Kier alpha value is -0.840. The summed E-state index contributed by atoms with van der Waals surface area (Å²) in [5, 5.41) is 5.51. The monoisotopic (exact) mass is 339 g/mol. The first-order valence-electron chi connectivity index (χ1n) is 6.31. The van der Waals surface area contributed by atoms with Gasteiger partial charge in [0.15, 0.2) is 0 Å². The van der Waals surface area contributed by atoms with Crippen molar-refractivity contribution in [1.29, 1.82) is 0 Å². The Kier molecular flexibility index (Phi) is 5.43. The largest absolute Gasteiger partial charge is 0.488 e. The molecule has 0 saturated heterocycles. The Morgan fingerprint density at radius 3 is 2.89 bits per heavy atom. The molecule has 0 fully saturated rings. The minimum absolute atomic E-state index is 0.138. The highest BCUT2D eigenvalue weighted by Crippen LogP contribution is 2.26. The van der Waals surface area contributed by atoms with Crippen LogP contribution in [0.3, 0.4) is 0 Å². The van der Waals surface area contributed by atoms with Crippen LogP contribution in [0.25, 0.3) is 0 Å². The van der Waals surface area contributed by atoms with Crippen molar-refractivity contribution in [2.45, 2.75) is 26.5 Å². The molecule has 0 aliphatic rings. The maximum Gasteiger partial charge on any atom is 0.133 e. The average Bonchev–Trinajstić information content (AvgIpc) is 2.86. The number of ether oxygens (including phenoxy) is 1. The molecular formula is C15H18BrNOS. The lowest BCUT2D eigenvalue weighted by Gasteiger charge is -2.16. The smallest absolute Gasteiger partial charge is 0.133 e. The van der Waals surface area contributed by atoms with Gasteiger partial charge < -0.3 is 10.1 Å². The molecule has 2 rings (SSSR count). The van der Waals surface area contributed by atoms with Crippen LogP contribution >= 0.6 is 27.3 Å². The fraction of sp³-hybridized carbons (Fsp3) is 0.333. The highest BCUT2D eigenvalue weighted by Gasteiger charge is 2.07. The topological polar surface area (TPSA) is 21.3 Å². The minimum atomic E-state index is 0.138. The summed E-state index contributed by atoms with van der Waals surface area (Å²) in [6.07, 6.45) is 0.138. The van der Waals surface area contributed by atoms with Gasteiger partial charge in [-0.05, 0) is 58.9 Å². The Bertz CT molecular complexity index is 513. The summed E-state index contributed by atoms with van der Waals surface area (Å²) in [4.78, 5) is 1.35. The van der Waals surface area contributed by atoms with Gasteiger partial charge in [-0.15, -0.1) is 11.3 Å². The third-order valence-corrected chi connectivity index (χ3v) is 4.22. The van der Waals surface area contributed by atoms with Crippen LogP contribution in [0, 0.1) is 6.92 Å². The van der Waals surface area contributed by atoms with Gasteiger partial charge in [0.05, 0.1) is 4.47 Å². The predicted octanol–water partition coefficient (Wildman–Crippen LogP) is 4.38. The first-order chi connectivity index (χ1) is 9.15. The molecule has 1 unspecified atom stereocenters. The molecule has 2 aromatic rings. The molecule has 102 valence electrons. The van der Waals surface area contributed by atoms with Crippen molar-refractivity contribution in [3.63, 3.8) is 0 Å². The summed E-state index contributed by atoms with van der Waals surface area (Å²) in [5.74, 6) is 0.899. The number of halogens is 1. The summed E-state index contributed by atoms with van der Waals surface area (Å²) in [6, 6.07) is 10.4. The van der Waals surface area contributed by atoms with Crippen LogP contribution in [0.5, 0.6) is 5.75 Å². The predicted molar refractivity (Wildman–Crippen MR) is 85.0 cm³/mol. The van der Waals surface area contributed by atoms with Gasteiger partial charge in [0.25, 0.3) is 0 Å². The number of aryl methyl sites for hydroxylation is 1. The number of benzene rings is 1. The summed E-state index contributed by atoms with van der Waals surface area (Å²) in [5.41, 5.74) is 1.22. The van der Waals surface area contributed by atoms with Gasteiger partial charge in [0.2, 0.25) is 0 Å². The SMILES string of the molecule is Cc1ccc(OC(C)CNCc2cccs2)c(Br)c1. The van der Waals surface area contributed by atoms with Crippen molar-refractivity contribution >= 4 is 27.3 Å². The molecule has 0 aliphatic heterocycles. The van der Waals surface area contributed by atoms with E-state index in [1.54, 1.807) is 11.3 Å². The second-order valence-corrected chi connectivity index (χ2v) is 6.46. The molecule has 0 saturated carbocycles. The van der Waals surface area contributed by atoms with Gasteiger partial charge in [-0.2, -0.15) is 0 Å². The molecule has 0 radical (unpaired) electrons. The van der Waals surface area contributed by atoms with E-state index in [0.29, 0.717) is 0 Å². The quantitative estimate of drug-likeness (QED) is 0.843. The summed E-state index contributed by atoms with van der Waals surface area (Å²) < 4.78 is 6.93. The van der Waals surface area contributed by atoms with Crippen molar-refractivity contribution in [1.82, 2.24) is 5.32 Å². The zero-order chi connectivity index (χ0) is 13.7. The first kappa shape index (κ1) is 14.6. The maximum atomic E-state index is 5.91. The Balaban J connectivity index is 1.79. The normalized spacial score (nSPS) is 12.4. The Labute approximate surface area is 126 Å². The van der Waals surface area contributed by atoms with E-state index in [2.05, 4.69) is 64.7 Å².